The summed E-state index contributed by atoms with van der Waals surface area (Å²) in [6.07, 6.45) is 0.366. The van der Waals surface area contributed by atoms with Crippen LogP contribution in [-0.4, -0.2) is 29.1 Å². The summed E-state index contributed by atoms with van der Waals surface area (Å²) in [5.74, 6) is 0. The molecule has 0 heterocycles. The summed E-state index contributed by atoms with van der Waals surface area (Å²) >= 11 is 4.28. The lowest BCUT2D eigenvalue weighted by molar-refractivity contribution is 0.153. The summed E-state index contributed by atoms with van der Waals surface area (Å²) in [6.45, 7) is -0.611. The Morgan fingerprint density at radius 3 is 2.67 bits per heavy atom. The molecule has 1 unspecified atom stereocenters. The fourth-order valence-electron chi connectivity index (χ4n) is 0.651. The number of rotatable bonds is 6. The molecule has 0 aliphatic heterocycles. The van der Waals surface area contributed by atoms with E-state index in [0.717, 1.165) is 6.42 Å². The molecule has 0 bridgehead atoms. The molecule has 0 fully saturated rings. The number of nitrogens with one attached hydrogen (secondary N) is 1. The van der Waals surface area contributed by atoms with E-state index in [2.05, 4.69) is 21.6 Å². The Balaban J connectivity index is 3.46. The van der Waals surface area contributed by atoms with Gasteiger partial charge in [-0.25, -0.2) is 0 Å². The molecule has 7 heteroatoms. The van der Waals surface area contributed by atoms with Gasteiger partial charge in [0.2, 0.25) is 0 Å². The molecule has 0 rings (SSSR count). The molecule has 5 N–H and O–H groups in total. The molecule has 0 aliphatic carbocycles. The van der Waals surface area contributed by atoms with Crippen molar-refractivity contribution in [1.82, 2.24) is 5.32 Å². The van der Waals surface area contributed by atoms with Gasteiger partial charge in [0.15, 0.2) is 0 Å². The van der Waals surface area contributed by atoms with Crippen molar-refractivity contribution < 1.29 is 14.3 Å². The van der Waals surface area contributed by atoms with Crippen LogP contribution in [-0.2, 0) is 16.3 Å². The molecule has 0 amide bonds. The van der Waals surface area contributed by atoms with Crippen LogP contribution in [0.4, 0.5) is 0 Å². The van der Waals surface area contributed by atoms with Gasteiger partial charge in [-0.1, -0.05) is 0 Å². The van der Waals surface area contributed by atoms with Crippen molar-refractivity contribution in [3.05, 3.63) is 0 Å². The molecule has 0 aliphatic rings. The van der Waals surface area contributed by atoms with E-state index in [4.69, 9.17) is 15.5 Å². The van der Waals surface area contributed by atoms with E-state index in [1.807, 2.05) is 0 Å². The van der Waals surface area contributed by atoms with E-state index >= 15 is 0 Å². The van der Waals surface area contributed by atoms with Crippen LogP contribution < -0.4 is 11.1 Å². The van der Waals surface area contributed by atoms with Gasteiger partial charge in [0, 0.05) is 0 Å². The van der Waals surface area contributed by atoms with Crippen molar-refractivity contribution in [3.63, 3.8) is 0 Å². The van der Waals surface area contributed by atoms with Crippen LogP contribution in [0.5, 0.6) is 0 Å². The maximum absolute atomic E-state index is 8.74. The summed E-state index contributed by atoms with van der Waals surface area (Å²) in [5.41, 5.74) is 5.25. The minimum atomic E-state index is -3.53. The zero-order chi connectivity index (χ0) is 9.61. The van der Waals surface area contributed by atoms with Crippen LogP contribution in [0.2, 0.25) is 0 Å². The van der Waals surface area contributed by atoms with Gasteiger partial charge in [-0.3, -0.25) is 9.84 Å². The van der Waals surface area contributed by atoms with Gasteiger partial charge in [0.1, 0.15) is 6.23 Å². The first-order valence-corrected chi connectivity index (χ1v) is 6.25. The lowest BCUT2D eigenvalue weighted by Crippen LogP contribution is -2.29. The zero-order valence-electron chi connectivity index (χ0n) is 6.93. The summed E-state index contributed by atoms with van der Waals surface area (Å²) in [5, 5.41) is 2.88. The SMILES string of the molecule is CC(NCCCN)OP(O)(O)=S. The smallest absolute Gasteiger partial charge is 0.323 e. The van der Waals surface area contributed by atoms with E-state index in [0.29, 0.717) is 13.1 Å². The zero-order valence-corrected chi connectivity index (χ0v) is 8.65. The Hall–Kier alpha value is 0.450. The van der Waals surface area contributed by atoms with Crippen molar-refractivity contribution in [2.45, 2.75) is 19.6 Å². The number of nitrogens with two attached hydrogens (primary N) is 1. The van der Waals surface area contributed by atoms with E-state index in [1.165, 1.54) is 0 Å². The first-order chi connectivity index (χ1) is 5.45. The predicted molar refractivity (Wildman–Crippen MR) is 50.9 cm³/mol. The lowest BCUT2D eigenvalue weighted by atomic mass is 10.4. The Labute approximate surface area is 77.2 Å². The third kappa shape index (κ3) is 8.55. The quantitative estimate of drug-likeness (QED) is 0.271. The Bertz CT molecular complexity index is 163. The van der Waals surface area contributed by atoms with Gasteiger partial charge in [-0.15, -0.1) is 0 Å². The average Bonchev–Trinajstić information content (AvgIpc) is 1.84. The second-order valence-electron chi connectivity index (χ2n) is 2.33. The third-order valence-corrected chi connectivity index (χ3v) is 1.96. The van der Waals surface area contributed by atoms with Crippen LogP contribution in [0.3, 0.4) is 0 Å². The average molecular weight is 214 g/mol. The van der Waals surface area contributed by atoms with Crippen molar-refractivity contribution in [2.75, 3.05) is 13.1 Å². The second-order valence-corrected chi connectivity index (χ2v) is 4.95. The molecular formula is C5H15N2O3PS. The second kappa shape index (κ2) is 5.99. The van der Waals surface area contributed by atoms with Crippen molar-refractivity contribution >= 4 is 18.5 Å². The van der Waals surface area contributed by atoms with Crippen molar-refractivity contribution in [2.24, 2.45) is 5.73 Å². The van der Waals surface area contributed by atoms with Crippen LogP contribution in [0.1, 0.15) is 13.3 Å². The summed E-state index contributed by atoms with van der Waals surface area (Å²) in [7, 11) is 0. The minimum absolute atomic E-state index is 0.447. The normalized spacial score (nSPS) is 14.7. The number of hydrogen-bond donors (Lipinski definition) is 4. The van der Waals surface area contributed by atoms with Gasteiger partial charge >= 0.3 is 6.72 Å². The third-order valence-electron chi connectivity index (χ3n) is 1.11. The monoisotopic (exact) mass is 214 g/mol. The first kappa shape index (κ1) is 12.4. The van der Waals surface area contributed by atoms with Gasteiger partial charge in [-0.2, -0.15) is 0 Å². The molecule has 0 aromatic rings. The molecule has 0 saturated carbocycles. The van der Waals surface area contributed by atoms with Crippen LogP contribution in [0.25, 0.3) is 0 Å². The Kier molecular flexibility index (Phi) is 6.21. The van der Waals surface area contributed by atoms with Crippen LogP contribution in [0.15, 0.2) is 0 Å². The highest BCUT2D eigenvalue weighted by Gasteiger charge is 2.12. The van der Waals surface area contributed by atoms with E-state index < -0.39 is 12.9 Å². The number of hydrogen-bond acceptors (Lipinski definition) is 4. The van der Waals surface area contributed by atoms with Gasteiger partial charge in [0.25, 0.3) is 0 Å². The maximum atomic E-state index is 8.74. The van der Waals surface area contributed by atoms with E-state index in [1.54, 1.807) is 6.92 Å². The molecular weight excluding hydrogens is 199 g/mol. The maximum Gasteiger partial charge on any atom is 0.323 e. The highest BCUT2D eigenvalue weighted by atomic mass is 32.5. The highest BCUT2D eigenvalue weighted by molar-refractivity contribution is 8.06. The first-order valence-electron chi connectivity index (χ1n) is 3.63. The summed E-state index contributed by atoms with van der Waals surface area (Å²) in [4.78, 5) is 17.5. The predicted octanol–water partition coefficient (Wildman–Crippen LogP) is -0.503. The van der Waals surface area contributed by atoms with Gasteiger partial charge in [0.05, 0.1) is 0 Å². The molecule has 5 nitrogen and oxygen atoms in total. The lowest BCUT2D eigenvalue weighted by Gasteiger charge is -2.16. The molecule has 0 saturated heterocycles. The molecule has 1 atom stereocenters. The van der Waals surface area contributed by atoms with E-state index in [-0.39, 0.29) is 0 Å². The molecule has 0 aromatic heterocycles. The largest absolute Gasteiger partial charge is 0.330 e. The van der Waals surface area contributed by atoms with E-state index in [9.17, 15) is 0 Å². The molecule has 0 aromatic carbocycles. The standard InChI is InChI=1S/C5H15N2O3PS/c1-5(7-4-2-3-6)10-11(8,9)12/h5,7H,2-4,6H2,1H3,(H2,8,9,12). The Morgan fingerprint density at radius 1 is 1.67 bits per heavy atom. The molecule has 0 radical (unpaired) electrons. The molecule has 12 heavy (non-hydrogen) atoms. The van der Waals surface area contributed by atoms with Gasteiger partial charge < -0.3 is 15.5 Å². The van der Waals surface area contributed by atoms with Crippen molar-refractivity contribution in [3.8, 4) is 0 Å². The topological polar surface area (TPSA) is 87.7 Å². The minimum Gasteiger partial charge on any atom is -0.330 e. The molecule has 0 spiro atoms. The van der Waals surface area contributed by atoms with Crippen LogP contribution in [0, 0.1) is 0 Å². The fraction of sp³-hybridized carbons (Fsp3) is 1.00. The van der Waals surface area contributed by atoms with Crippen molar-refractivity contribution in [1.29, 1.82) is 0 Å². The van der Waals surface area contributed by atoms with Gasteiger partial charge in [-0.05, 0) is 38.2 Å². The highest BCUT2D eigenvalue weighted by Crippen LogP contribution is 2.37. The summed E-state index contributed by atoms with van der Waals surface area (Å²) in [6, 6.07) is 0. The Morgan fingerprint density at radius 2 is 2.25 bits per heavy atom. The molecule has 74 valence electrons. The van der Waals surface area contributed by atoms with Crippen LogP contribution >= 0.6 is 6.72 Å². The fourth-order valence-corrected chi connectivity index (χ4v) is 1.52. The summed E-state index contributed by atoms with van der Waals surface area (Å²) < 4.78 is 4.67.